The molecule has 0 N–H and O–H groups in total. The lowest BCUT2D eigenvalue weighted by atomic mass is 9.98. The third-order valence-electron chi connectivity index (χ3n) is 4.69. The standard InChI is InChI=1S/C18H23ClN4OS/c1-12-5-4-6-13(2)22(12)17(24)11-25-18-21-20-14(3)23(18)16-9-7-15(19)8-10-16/h7-10,12-13H,4-6,11H2,1-3H3/t12-,13-/m0/s1. The van der Waals surface area contributed by atoms with E-state index in [0.717, 1.165) is 29.5 Å². The number of aromatic nitrogens is 3. The second kappa shape index (κ2) is 7.79. The van der Waals surface area contributed by atoms with E-state index in [4.69, 9.17) is 11.6 Å². The van der Waals surface area contributed by atoms with Gasteiger partial charge >= 0.3 is 0 Å². The summed E-state index contributed by atoms with van der Waals surface area (Å²) >= 11 is 7.41. The van der Waals surface area contributed by atoms with Crippen LogP contribution in [0.1, 0.15) is 38.9 Å². The maximum atomic E-state index is 12.7. The minimum atomic E-state index is 0.174. The number of piperidine rings is 1. The topological polar surface area (TPSA) is 51.0 Å². The second-order valence-corrected chi connectivity index (χ2v) is 7.94. The second-order valence-electron chi connectivity index (χ2n) is 6.56. The number of rotatable bonds is 4. The van der Waals surface area contributed by atoms with E-state index in [0.29, 0.717) is 22.9 Å². The molecule has 0 spiro atoms. The van der Waals surface area contributed by atoms with Crippen molar-refractivity contribution in [1.29, 1.82) is 0 Å². The number of carbonyl (C=O) groups is 1. The van der Waals surface area contributed by atoms with Crippen LogP contribution in [0.3, 0.4) is 0 Å². The van der Waals surface area contributed by atoms with Crippen LogP contribution < -0.4 is 0 Å². The van der Waals surface area contributed by atoms with Gasteiger partial charge in [-0.25, -0.2) is 0 Å². The highest BCUT2D eigenvalue weighted by molar-refractivity contribution is 7.99. The molecule has 7 heteroatoms. The van der Waals surface area contributed by atoms with Crippen LogP contribution in [-0.4, -0.2) is 43.4 Å². The number of hydrogen-bond donors (Lipinski definition) is 0. The summed E-state index contributed by atoms with van der Waals surface area (Å²) in [5, 5.41) is 9.83. The molecule has 3 rings (SSSR count). The molecular formula is C18H23ClN4OS. The molecule has 134 valence electrons. The molecule has 0 bridgehead atoms. The Morgan fingerprint density at radius 2 is 1.84 bits per heavy atom. The molecule has 1 fully saturated rings. The average molecular weight is 379 g/mol. The van der Waals surface area contributed by atoms with Gasteiger partial charge in [0.15, 0.2) is 5.16 Å². The van der Waals surface area contributed by atoms with Crippen LogP contribution in [0.4, 0.5) is 0 Å². The maximum Gasteiger partial charge on any atom is 0.233 e. The third kappa shape index (κ3) is 4.01. The highest BCUT2D eigenvalue weighted by Crippen LogP contribution is 2.26. The van der Waals surface area contributed by atoms with Crippen molar-refractivity contribution in [3.8, 4) is 5.69 Å². The molecular weight excluding hydrogens is 356 g/mol. The number of likely N-dealkylation sites (tertiary alicyclic amines) is 1. The lowest BCUT2D eigenvalue weighted by Crippen LogP contribution is -2.48. The van der Waals surface area contributed by atoms with Gasteiger partial charge in [-0.2, -0.15) is 0 Å². The average Bonchev–Trinajstić information content (AvgIpc) is 2.94. The van der Waals surface area contributed by atoms with Crippen LogP contribution in [0.25, 0.3) is 5.69 Å². The summed E-state index contributed by atoms with van der Waals surface area (Å²) in [6, 6.07) is 8.17. The first-order valence-electron chi connectivity index (χ1n) is 8.59. The fourth-order valence-electron chi connectivity index (χ4n) is 3.44. The van der Waals surface area contributed by atoms with Crippen molar-refractivity contribution >= 4 is 29.3 Å². The van der Waals surface area contributed by atoms with Crippen molar-refractivity contribution < 1.29 is 4.79 Å². The minimum Gasteiger partial charge on any atom is -0.337 e. The molecule has 0 unspecified atom stereocenters. The van der Waals surface area contributed by atoms with Gasteiger partial charge in [-0.15, -0.1) is 10.2 Å². The van der Waals surface area contributed by atoms with E-state index >= 15 is 0 Å². The van der Waals surface area contributed by atoms with Crippen molar-refractivity contribution in [3.05, 3.63) is 35.1 Å². The van der Waals surface area contributed by atoms with Gasteiger partial charge in [0.2, 0.25) is 5.91 Å². The molecule has 2 atom stereocenters. The van der Waals surface area contributed by atoms with Gasteiger partial charge in [0.1, 0.15) is 5.82 Å². The Labute approximate surface area is 157 Å². The first kappa shape index (κ1) is 18.3. The van der Waals surface area contributed by atoms with Crippen molar-refractivity contribution in [1.82, 2.24) is 19.7 Å². The SMILES string of the molecule is Cc1nnc(SCC(=O)N2[C@@H](C)CCC[C@@H]2C)n1-c1ccc(Cl)cc1. The molecule has 5 nitrogen and oxygen atoms in total. The number of hydrogen-bond acceptors (Lipinski definition) is 4. The van der Waals surface area contributed by atoms with E-state index in [1.54, 1.807) is 0 Å². The molecule has 0 radical (unpaired) electrons. The van der Waals surface area contributed by atoms with Gasteiger partial charge in [-0.3, -0.25) is 9.36 Å². The number of benzene rings is 1. The maximum absolute atomic E-state index is 12.7. The van der Waals surface area contributed by atoms with Crippen LogP contribution in [0, 0.1) is 6.92 Å². The molecule has 2 heterocycles. The van der Waals surface area contributed by atoms with Crippen LogP contribution >= 0.6 is 23.4 Å². The zero-order valence-corrected chi connectivity index (χ0v) is 16.3. The Kier molecular flexibility index (Phi) is 5.69. The summed E-state index contributed by atoms with van der Waals surface area (Å²) in [7, 11) is 0. The highest BCUT2D eigenvalue weighted by Gasteiger charge is 2.29. The molecule has 1 aliphatic heterocycles. The summed E-state index contributed by atoms with van der Waals surface area (Å²) in [5.74, 6) is 1.34. The minimum absolute atomic E-state index is 0.174. The molecule has 1 saturated heterocycles. The summed E-state index contributed by atoms with van der Waals surface area (Å²) in [5.41, 5.74) is 0.946. The van der Waals surface area contributed by atoms with Crippen molar-refractivity contribution in [2.45, 2.75) is 57.3 Å². The molecule has 1 amide bonds. The van der Waals surface area contributed by atoms with Crippen molar-refractivity contribution in [2.75, 3.05) is 5.75 Å². The quantitative estimate of drug-likeness (QED) is 0.751. The van der Waals surface area contributed by atoms with Gasteiger partial charge < -0.3 is 4.90 Å². The molecule has 2 aromatic rings. The zero-order valence-electron chi connectivity index (χ0n) is 14.8. The Morgan fingerprint density at radius 1 is 1.20 bits per heavy atom. The lowest BCUT2D eigenvalue weighted by Gasteiger charge is -2.39. The van der Waals surface area contributed by atoms with E-state index in [2.05, 4.69) is 24.0 Å². The number of aryl methyl sites for hydroxylation is 1. The summed E-state index contributed by atoms with van der Waals surface area (Å²) in [4.78, 5) is 14.8. The van der Waals surface area contributed by atoms with Gasteiger partial charge in [-0.1, -0.05) is 23.4 Å². The highest BCUT2D eigenvalue weighted by atomic mass is 35.5. The number of nitrogens with zero attached hydrogens (tertiary/aromatic N) is 4. The first-order chi connectivity index (χ1) is 12.0. The van der Waals surface area contributed by atoms with Crippen LogP contribution in [0.2, 0.25) is 5.02 Å². The molecule has 0 saturated carbocycles. The predicted molar refractivity (Wildman–Crippen MR) is 101 cm³/mol. The number of carbonyl (C=O) groups excluding carboxylic acids is 1. The fraction of sp³-hybridized carbons (Fsp3) is 0.500. The molecule has 0 aliphatic carbocycles. The summed E-state index contributed by atoms with van der Waals surface area (Å²) in [6.07, 6.45) is 3.37. The predicted octanol–water partition coefficient (Wildman–Crippen LogP) is 4.11. The summed E-state index contributed by atoms with van der Waals surface area (Å²) in [6.45, 7) is 6.18. The number of halogens is 1. The van der Waals surface area contributed by atoms with Gasteiger partial charge in [0.25, 0.3) is 0 Å². The number of thioether (sulfide) groups is 1. The third-order valence-corrected chi connectivity index (χ3v) is 5.85. The Balaban J connectivity index is 1.74. The molecule has 1 aliphatic rings. The van der Waals surface area contributed by atoms with Crippen LogP contribution in [-0.2, 0) is 4.79 Å². The smallest absolute Gasteiger partial charge is 0.233 e. The first-order valence-corrected chi connectivity index (χ1v) is 9.95. The molecule has 1 aromatic carbocycles. The Hall–Kier alpha value is -1.53. The van der Waals surface area contributed by atoms with E-state index in [1.807, 2.05) is 40.7 Å². The van der Waals surface area contributed by atoms with E-state index in [9.17, 15) is 4.79 Å². The summed E-state index contributed by atoms with van der Waals surface area (Å²) < 4.78 is 1.96. The Bertz CT molecular complexity index is 736. The largest absolute Gasteiger partial charge is 0.337 e. The van der Waals surface area contributed by atoms with Gasteiger partial charge in [0, 0.05) is 22.8 Å². The van der Waals surface area contributed by atoms with Crippen molar-refractivity contribution in [3.63, 3.8) is 0 Å². The normalized spacial score (nSPS) is 20.7. The van der Waals surface area contributed by atoms with Gasteiger partial charge in [0.05, 0.1) is 5.75 Å². The van der Waals surface area contributed by atoms with E-state index < -0.39 is 0 Å². The molecule has 1 aromatic heterocycles. The van der Waals surface area contributed by atoms with E-state index in [1.165, 1.54) is 18.2 Å². The van der Waals surface area contributed by atoms with Gasteiger partial charge in [-0.05, 0) is 64.3 Å². The lowest BCUT2D eigenvalue weighted by molar-refractivity contribution is -0.134. The zero-order chi connectivity index (χ0) is 18.0. The van der Waals surface area contributed by atoms with Crippen LogP contribution in [0.15, 0.2) is 29.4 Å². The fourth-order valence-corrected chi connectivity index (χ4v) is 4.43. The van der Waals surface area contributed by atoms with E-state index in [-0.39, 0.29) is 5.91 Å². The Morgan fingerprint density at radius 3 is 2.48 bits per heavy atom. The monoisotopic (exact) mass is 378 g/mol. The number of amides is 1. The van der Waals surface area contributed by atoms with Crippen LogP contribution in [0.5, 0.6) is 0 Å². The molecule has 25 heavy (non-hydrogen) atoms. The van der Waals surface area contributed by atoms with Crippen molar-refractivity contribution in [2.24, 2.45) is 0 Å².